The summed E-state index contributed by atoms with van der Waals surface area (Å²) in [5, 5.41) is 2.45. The quantitative estimate of drug-likeness (QED) is 0.405. The molecular formula is C18H27N3O3. The van der Waals surface area contributed by atoms with Gasteiger partial charge in [-0.05, 0) is 37.8 Å². The second kappa shape index (κ2) is 9.20. The van der Waals surface area contributed by atoms with Gasteiger partial charge in [0.05, 0.1) is 24.6 Å². The number of hydrogen-bond acceptors (Lipinski definition) is 5. The second-order valence-corrected chi connectivity index (χ2v) is 5.85. The maximum absolute atomic E-state index is 12.2. The van der Waals surface area contributed by atoms with Gasteiger partial charge < -0.3 is 20.5 Å². The minimum Gasteiger partial charge on any atom is -0.386 e. The van der Waals surface area contributed by atoms with Crippen LogP contribution in [0.5, 0.6) is 0 Å². The fraction of sp³-hybridized carbons (Fsp3) is 0.444. The molecule has 0 aromatic carbocycles. The first-order valence-electron chi connectivity index (χ1n) is 7.76. The summed E-state index contributed by atoms with van der Waals surface area (Å²) in [7, 11) is 1.65. The number of rotatable bonds is 8. The lowest BCUT2D eigenvalue weighted by Gasteiger charge is -2.13. The van der Waals surface area contributed by atoms with Crippen LogP contribution >= 0.6 is 0 Å². The second-order valence-electron chi connectivity index (χ2n) is 5.85. The first-order chi connectivity index (χ1) is 11.3. The molecule has 0 aromatic heterocycles. The van der Waals surface area contributed by atoms with Gasteiger partial charge in [-0.15, -0.1) is 0 Å². The van der Waals surface area contributed by atoms with Crippen LogP contribution in [0.1, 0.15) is 26.7 Å². The Kier molecular flexibility index (Phi) is 7.61. The number of carbonyl (C=O) groups is 1. The van der Waals surface area contributed by atoms with Crippen LogP contribution in [0.25, 0.3) is 0 Å². The van der Waals surface area contributed by atoms with Crippen molar-refractivity contribution in [1.29, 1.82) is 0 Å². The standard InChI is InChI=1S/C18H27N3O3/c1-11(2)13(4)17(18(22)21-14(5)19)20-9-12(3)16-8-7-15(24-16)10-23-6/h9,15-16H,1,3,5,7-8,10,19H2,2,4,6H3,(H,21,22)/b17-13+,20-9?/t15-,16+/m0/s1. The maximum atomic E-state index is 12.2. The lowest BCUT2D eigenvalue weighted by molar-refractivity contribution is -0.116. The smallest absolute Gasteiger partial charge is 0.275 e. The molecule has 1 saturated heterocycles. The number of nitrogens with zero attached hydrogens (tertiary/aromatic N) is 1. The van der Waals surface area contributed by atoms with Crippen LogP contribution in [0.15, 0.2) is 53.0 Å². The van der Waals surface area contributed by atoms with Crippen LogP contribution in [0.2, 0.25) is 0 Å². The molecule has 0 radical (unpaired) electrons. The number of hydrogen-bond donors (Lipinski definition) is 2. The van der Waals surface area contributed by atoms with E-state index in [0.29, 0.717) is 17.8 Å². The monoisotopic (exact) mass is 333 g/mol. The van der Waals surface area contributed by atoms with Crippen molar-refractivity contribution >= 4 is 12.1 Å². The zero-order valence-corrected chi connectivity index (χ0v) is 14.7. The molecule has 6 nitrogen and oxygen atoms in total. The number of ether oxygens (including phenoxy) is 2. The summed E-state index contributed by atoms with van der Waals surface area (Å²) in [5.41, 5.74) is 7.77. The lowest BCUT2D eigenvalue weighted by Crippen LogP contribution is -2.28. The molecule has 1 aliphatic heterocycles. The topological polar surface area (TPSA) is 85.9 Å². The highest BCUT2D eigenvalue weighted by Crippen LogP contribution is 2.24. The van der Waals surface area contributed by atoms with E-state index in [-0.39, 0.29) is 23.7 Å². The predicted octanol–water partition coefficient (Wildman–Crippen LogP) is 2.20. The number of carbonyl (C=O) groups excluding carboxylic acids is 1. The minimum absolute atomic E-state index is 0.0579. The van der Waals surface area contributed by atoms with Crippen molar-refractivity contribution in [3.05, 3.63) is 48.0 Å². The van der Waals surface area contributed by atoms with E-state index in [1.807, 2.05) is 0 Å². The minimum atomic E-state index is -0.434. The summed E-state index contributed by atoms with van der Waals surface area (Å²) in [6, 6.07) is 0. The van der Waals surface area contributed by atoms with Gasteiger partial charge in [-0.2, -0.15) is 0 Å². The molecule has 3 N–H and O–H groups in total. The summed E-state index contributed by atoms with van der Waals surface area (Å²) in [4.78, 5) is 16.5. The summed E-state index contributed by atoms with van der Waals surface area (Å²) in [6.07, 6.45) is 3.27. The first-order valence-corrected chi connectivity index (χ1v) is 7.76. The highest BCUT2D eigenvalue weighted by Gasteiger charge is 2.26. The van der Waals surface area contributed by atoms with E-state index in [1.54, 1.807) is 27.2 Å². The van der Waals surface area contributed by atoms with Crippen LogP contribution in [0.4, 0.5) is 0 Å². The largest absolute Gasteiger partial charge is 0.386 e. The van der Waals surface area contributed by atoms with Crippen molar-refractivity contribution in [1.82, 2.24) is 5.32 Å². The third-order valence-electron chi connectivity index (χ3n) is 3.72. The zero-order valence-electron chi connectivity index (χ0n) is 14.7. The molecule has 0 unspecified atom stereocenters. The van der Waals surface area contributed by atoms with Crippen LogP contribution in [-0.4, -0.2) is 38.0 Å². The van der Waals surface area contributed by atoms with E-state index in [9.17, 15) is 4.79 Å². The van der Waals surface area contributed by atoms with Gasteiger partial charge in [0.15, 0.2) is 0 Å². The summed E-state index contributed by atoms with van der Waals surface area (Å²) in [6.45, 7) is 15.4. The molecule has 2 atom stereocenters. The number of methoxy groups -OCH3 is 1. The molecule has 0 saturated carbocycles. The summed E-state index contributed by atoms with van der Waals surface area (Å²) in [5.74, 6) is -0.376. The number of nitrogens with two attached hydrogens (primary N) is 1. The molecule has 0 bridgehead atoms. The Bertz CT molecular complexity index is 590. The fourth-order valence-corrected chi connectivity index (χ4v) is 2.25. The molecule has 0 spiro atoms. The summed E-state index contributed by atoms with van der Waals surface area (Å²) >= 11 is 0. The van der Waals surface area contributed by atoms with Gasteiger partial charge in [-0.3, -0.25) is 9.79 Å². The Morgan fingerprint density at radius 1 is 1.38 bits per heavy atom. The van der Waals surface area contributed by atoms with Gasteiger partial charge in [0.25, 0.3) is 5.91 Å². The molecule has 6 heteroatoms. The van der Waals surface area contributed by atoms with Gasteiger partial charge in [-0.25, -0.2) is 0 Å². The molecule has 132 valence electrons. The first kappa shape index (κ1) is 19.9. The number of nitrogens with one attached hydrogen (secondary N) is 1. The van der Waals surface area contributed by atoms with Crippen LogP contribution in [0.3, 0.4) is 0 Å². The van der Waals surface area contributed by atoms with Gasteiger partial charge >= 0.3 is 0 Å². The Balaban J connectivity index is 2.87. The Labute approximate surface area is 143 Å². The van der Waals surface area contributed by atoms with Crippen LogP contribution in [-0.2, 0) is 14.3 Å². The van der Waals surface area contributed by atoms with Gasteiger partial charge in [0, 0.05) is 13.3 Å². The molecular weight excluding hydrogens is 306 g/mol. The SMILES string of the molecule is C=C(N)NC(=O)/C(N=CC(=C)[C@H]1CC[C@@H](COC)O1)=C(/C)C(=C)C. The van der Waals surface area contributed by atoms with Crippen molar-refractivity contribution in [2.24, 2.45) is 10.7 Å². The molecule has 1 rings (SSSR count). The fourth-order valence-electron chi connectivity index (χ4n) is 2.25. The predicted molar refractivity (Wildman–Crippen MR) is 96.4 cm³/mol. The van der Waals surface area contributed by atoms with E-state index in [2.05, 4.69) is 30.0 Å². The molecule has 1 aliphatic rings. The van der Waals surface area contributed by atoms with E-state index in [4.69, 9.17) is 15.2 Å². The van der Waals surface area contributed by atoms with Crippen molar-refractivity contribution in [3.63, 3.8) is 0 Å². The Morgan fingerprint density at radius 2 is 2.04 bits per heavy atom. The molecule has 1 amide bonds. The molecule has 0 aliphatic carbocycles. The van der Waals surface area contributed by atoms with Gasteiger partial charge in [-0.1, -0.05) is 25.3 Å². The third kappa shape index (κ3) is 5.79. The number of aliphatic imine (C=N–C) groups is 1. The molecule has 1 fully saturated rings. The van der Waals surface area contributed by atoms with Crippen LogP contribution in [0, 0.1) is 0 Å². The number of amides is 1. The van der Waals surface area contributed by atoms with E-state index in [1.165, 1.54) is 0 Å². The van der Waals surface area contributed by atoms with E-state index >= 15 is 0 Å². The third-order valence-corrected chi connectivity index (χ3v) is 3.72. The van der Waals surface area contributed by atoms with Crippen LogP contribution < -0.4 is 11.1 Å². The Morgan fingerprint density at radius 3 is 2.58 bits per heavy atom. The average Bonchev–Trinajstić information content (AvgIpc) is 2.95. The highest BCUT2D eigenvalue weighted by atomic mass is 16.5. The normalized spacial score (nSPS) is 21.5. The number of allylic oxidation sites excluding steroid dienone is 2. The Hall–Kier alpha value is -2.18. The molecule has 24 heavy (non-hydrogen) atoms. The molecule has 0 aromatic rings. The average molecular weight is 333 g/mol. The maximum Gasteiger partial charge on any atom is 0.275 e. The highest BCUT2D eigenvalue weighted by molar-refractivity contribution is 5.98. The van der Waals surface area contributed by atoms with Gasteiger partial charge in [0.1, 0.15) is 5.70 Å². The molecule has 1 heterocycles. The lowest BCUT2D eigenvalue weighted by atomic mass is 10.1. The van der Waals surface area contributed by atoms with Crippen molar-refractivity contribution in [2.45, 2.75) is 38.9 Å². The zero-order chi connectivity index (χ0) is 18.3. The van der Waals surface area contributed by atoms with E-state index in [0.717, 1.165) is 18.4 Å². The van der Waals surface area contributed by atoms with Crippen molar-refractivity contribution in [2.75, 3.05) is 13.7 Å². The van der Waals surface area contributed by atoms with Crippen molar-refractivity contribution < 1.29 is 14.3 Å². The van der Waals surface area contributed by atoms with E-state index < -0.39 is 5.91 Å². The van der Waals surface area contributed by atoms with Crippen molar-refractivity contribution in [3.8, 4) is 0 Å². The summed E-state index contributed by atoms with van der Waals surface area (Å²) < 4.78 is 10.9. The van der Waals surface area contributed by atoms with Gasteiger partial charge in [0.2, 0.25) is 0 Å².